The molecule has 2 aromatic heterocycles. The van der Waals surface area contributed by atoms with Crippen LogP contribution in [0.25, 0.3) is 22.2 Å². The Morgan fingerprint density at radius 1 is 1.19 bits per heavy atom. The number of rotatable bonds is 2. The van der Waals surface area contributed by atoms with E-state index >= 15 is 0 Å². The van der Waals surface area contributed by atoms with Gasteiger partial charge >= 0.3 is 0 Å². The molecule has 1 saturated heterocycles. The van der Waals surface area contributed by atoms with Gasteiger partial charge < -0.3 is 4.90 Å². The minimum Gasteiger partial charge on any atom is -0.338 e. The van der Waals surface area contributed by atoms with Crippen LogP contribution in [-0.4, -0.2) is 38.7 Å². The van der Waals surface area contributed by atoms with Crippen molar-refractivity contribution in [3.8, 4) is 11.3 Å². The van der Waals surface area contributed by atoms with E-state index in [9.17, 15) is 4.79 Å². The number of nitrogens with zero attached hydrogens (tertiary/aromatic N) is 4. The topological polar surface area (TPSA) is 51.0 Å². The van der Waals surface area contributed by atoms with Gasteiger partial charge in [0.1, 0.15) is 0 Å². The number of carbonyl (C=O) groups is 1. The van der Waals surface area contributed by atoms with Crippen molar-refractivity contribution >= 4 is 16.8 Å². The summed E-state index contributed by atoms with van der Waals surface area (Å²) in [4.78, 5) is 20.3. The first kappa shape index (κ1) is 17.7. The second kappa shape index (κ2) is 6.19. The molecule has 1 aromatic carbocycles. The van der Waals surface area contributed by atoms with Gasteiger partial charge in [0.15, 0.2) is 0 Å². The molecule has 1 aliphatic rings. The smallest absolute Gasteiger partial charge is 0.254 e. The molecule has 1 aliphatic heterocycles. The third-order valence-corrected chi connectivity index (χ3v) is 5.44. The van der Waals surface area contributed by atoms with Gasteiger partial charge in [-0.1, -0.05) is 25.5 Å². The van der Waals surface area contributed by atoms with Crippen molar-refractivity contribution in [1.29, 1.82) is 0 Å². The van der Waals surface area contributed by atoms with Crippen LogP contribution in [-0.2, 0) is 7.05 Å². The predicted octanol–water partition coefficient (Wildman–Crippen LogP) is 4.12. The minimum atomic E-state index is 0.100. The molecule has 3 aromatic rings. The summed E-state index contributed by atoms with van der Waals surface area (Å²) in [5, 5.41) is 5.20. The third-order valence-electron chi connectivity index (χ3n) is 5.44. The molecule has 0 radical (unpaired) electrons. The van der Waals surface area contributed by atoms with Crippen LogP contribution in [0.15, 0.2) is 30.6 Å². The van der Waals surface area contributed by atoms with Crippen molar-refractivity contribution in [2.45, 2.75) is 34.1 Å². The number of likely N-dealkylation sites (tertiary alicyclic amines) is 1. The molecule has 1 fully saturated rings. The molecule has 3 heterocycles. The summed E-state index contributed by atoms with van der Waals surface area (Å²) in [6.07, 6.45) is 4.77. The van der Waals surface area contributed by atoms with Crippen LogP contribution in [0.1, 0.15) is 41.8 Å². The first-order valence-electron chi connectivity index (χ1n) is 9.44. The molecule has 0 atom stereocenters. The van der Waals surface area contributed by atoms with E-state index in [1.54, 1.807) is 10.9 Å². The Bertz CT molecular complexity index is 1050. The summed E-state index contributed by atoms with van der Waals surface area (Å²) >= 11 is 0. The SMILES string of the molecule is Cc1cc(C)c2nc(-c3cnn(C)c3)cc(C(=O)N3CCC(C)(C)C3)c2c1. The zero-order chi connectivity index (χ0) is 19.3. The molecular weight excluding hydrogens is 336 g/mol. The predicted molar refractivity (Wildman–Crippen MR) is 108 cm³/mol. The fourth-order valence-corrected chi connectivity index (χ4v) is 4.02. The Hall–Kier alpha value is -2.69. The van der Waals surface area contributed by atoms with Crippen molar-refractivity contribution in [3.63, 3.8) is 0 Å². The van der Waals surface area contributed by atoms with Crippen LogP contribution in [0.3, 0.4) is 0 Å². The molecule has 0 unspecified atom stereocenters. The largest absolute Gasteiger partial charge is 0.338 e. The Morgan fingerprint density at radius 2 is 1.96 bits per heavy atom. The van der Waals surface area contributed by atoms with E-state index in [2.05, 4.69) is 44.9 Å². The van der Waals surface area contributed by atoms with Crippen LogP contribution in [0.4, 0.5) is 0 Å². The summed E-state index contributed by atoms with van der Waals surface area (Å²) < 4.78 is 1.76. The molecule has 0 spiro atoms. The van der Waals surface area contributed by atoms with Gasteiger partial charge in [0, 0.05) is 37.3 Å². The molecule has 0 saturated carbocycles. The highest BCUT2D eigenvalue weighted by molar-refractivity contribution is 6.08. The van der Waals surface area contributed by atoms with E-state index in [4.69, 9.17) is 4.98 Å². The Morgan fingerprint density at radius 3 is 2.59 bits per heavy atom. The van der Waals surface area contributed by atoms with E-state index in [1.807, 2.05) is 24.2 Å². The number of pyridine rings is 1. The number of aryl methyl sites for hydroxylation is 3. The maximum atomic E-state index is 13.4. The van der Waals surface area contributed by atoms with E-state index in [-0.39, 0.29) is 11.3 Å². The van der Waals surface area contributed by atoms with Gasteiger partial charge in [-0.25, -0.2) is 4.98 Å². The lowest BCUT2D eigenvalue weighted by molar-refractivity contribution is 0.0780. The highest BCUT2D eigenvalue weighted by Crippen LogP contribution is 2.33. The first-order chi connectivity index (χ1) is 12.7. The highest BCUT2D eigenvalue weighted by atomic mass is 16.2. The lowest BCUT2D eigenvalue weighted by Crippen LogP contribution is -2.30. The number of carbonyl (C=O) groups excluding carboxylic acids is 1. The molecule has 0 bridgehead atoms. The molecule has 1 amide bonds. The lowest BCUT2D eigenvalue weighted by atomic mass is 9.93. The summed E-state index contributed by atoms with van der Waals surface area (Å²) in [7, 11) is 1.89. The second-order valence-corrected chi connectivity index (χ2v) is 8.58. The van der Waals surface area contributed by atoms with Crippen LogP contribution >= 0.6 is 0 Å². The molecule has 4 rings (SSSR count). The van der Waals surface area contributed by atoms with Crippen molar-refractivity contribution in [3.05, 3.63) is 47.3 Å². The van der Waals surface area contributed by atoms with Gasteiger partial charge in [-0.3, -0.25) is 9.48 Å². The average molecular weight is 362 g/mol. The summed E-state index contributed by atoms with van der Waals surface area (Å²) in [5.74, 6) is 0.100. The molecule has 0 aliphatic carbocycles. The molecular formula is C22H26N4O. The zero-order valence-electron chi connectivity index (χ0n) is 16.7. The number of hydrogen-bond acceptors (Lipinski definition) is 3. The van der Waals surface area contributed by atoms with E-state index in [1.165, 1.54) is 0 Å². The number of benzene rings is 1. The van der Waals surface area contributed by atoms with Crippen molar-refractivity contribution in [1.82, 2.24) is 19.7 Å². The Kier molecular flexibility index (Phi) is 4.06. The maximum Gasteiger partial charge on any atom is 0.254 e. The van der Waals surface area contributed by atoms with Gasteiger partial charge in [-0.15, -0.1) is 0 Å². The van der Waals surface area contributed by atoms with Gasteiger partial charge in [-0.2, -0.15) is 5.10 Å². The molecule has 0 N–H and O–H groups in total. The Labute approximate surface area is 160 Å². The fourth-order valence-electron chi connectivity index (χ4n) is 4.02. The number of amides is 1. The second-order valence-electron chi connectivity index (χ2n) is 8.58. The fraction of sp³-hybridized carbons (Fsp3) is 0.409. The number of hydrogen-bond donors (Lipinski definition) is 0. The molecule has 5 nitrogen and oxygen atoms in total. The molecule has 140 valence electrons. The monoisotopic (exact) mass is 362 g/mol. The third kappa shape index (κ3) is 3.22. The summed E-state index contributed by atoms with van der Waals surface area (Å²) in [5.41, 5.74) is 5.76. The number of aromatic nitrogens is 3. The van der Waals surface area contributed by atoms with Crippen LogP contribution in [0.2, 0.25) is 0 Å². The summed E-state index contributed by atoms with van der Waals surface area (Å²) in [6, 6.07) is 6.14. The highest BCUT2D eigenvalue weighted by Gasteiger charge is 2.33. The van der Waals surface area contributed by atoms with Crippen molar-refractivity contribution in [2.24, 2.45) is 12.5 Å². The van der Waals surface area contributed by atoms with Gasteiger partial charge in [-0.05, 0) is 43.4 Å². The Balaban J connectivity index is 1.90. The zero-order valence-corrected chi connectivity index (χ0v) is 16.7. The quantitative estimate of drug-likeness (QED) is 0.689. The van der Waals surface area contributed by atoms with Gasteiger partial charge in [0.05, 0.1) is 23.0 Å². The normalized spacial score (nSPS) is 16.3. The van der Waals surface area contributed by atoms with Crippen molar-refractivity contribution in [2.75, 3.05) is 13.1 Å². The van der Waals surface area contributed by atoms with E-state index in [0.29, 0.717) is 0 Å². The minimum absolute atomic E-state index is 0.100. The van der Waals surface area contributed by atoms with E-state index in [0.717, 1.165) is 58.4 Å². The summed E-state index contributed by atoms with van der Waals surface area (Å²) in [6.45, 7) is 10.2. The van der Waals surface area contributed by atoms with Crippen LogP contribution in [0, 0.1) is 19.3 Å². The van der Waals surface area contributed by atoms with Gasteiger partial charge in [0.2, 0.25) is 0 Å². The van der Waals surface area contributed by atoms with E-state index < -0.39 is 0 Å². The standard InChI is InChI=1S/C22H26N4O/c1-14-8-15(2)20-17(9-14)18(21(27)26-7-6-22(3,4)13-26)10-19(24-20)16-11-23-25(5)12-16/h8-12H,6-7,13H2,1-5H3. The maximum absolute atomic E-state index is 13.4. The molecule has 27 heavy (non-hydrogen) atoms. The van der Waals surface area contributed by atoms with Crippen LogP contribution in [0.5, 0.6) is 0 Å². The van der Waals surface area contributed by atoms with Crippen molar-refractivity contribution < 1.29 is 4.79 Å². The molecule has 5 heteroatoms. The number of fused-ring (bicyclic) bond motifs is 1. The van der Waals surface area contributed by atoms with Gasteiger partial charge in [0.25, 0.3) is 5.91 Å². The first-order valence-corrected chi connectivity index (χ1v) is 9.44. The lowest BCUT2D eigenvalue weighted by Gasteiger charge is -2.21. The van der Waals surface area contributed by atoms with Crippen LogP contribution < -0.4 is 0 Å². The average Bonchev–Trinajstić information content (AvgIpc) is 3.19.